The Balaban J connectivity index is 1.73. The number of ether oxygens (including phenoxy) is 2. The number of nitrogens with one attached hydrogen (secondary N) is 3. The van der Waals surface area contributed by atoms with Crippen LogP contribution in [0.2, 0.25) is 0 Å². The van der Waals surface area contributed by atoms with Crippen LogP contribution in [0, 0.1) is 0 Å². The van der Waals surface area contributed by atoms with Gasteiger partial charge in [0.05, 0.1) is 35.9 Å². The van der Waals surface area contributed by atoms with Gasteiger partial charge >= 0.3 is 6.03 Å². The number of urea groups is 1. The van der Waals surface area contributed by atoms with Crippen molar-refractivity contribution in [3.63, 3.8) is 0 Å². The Labute approximate surface area is 162 Å². The Morgan fingerprint density at radius 3 is 2.79 bits per heavy atom. The highest BCUT2D eigenvalue weighted by atomic mass is 16.5. The molecule has 3 aromatic rings. The van der Waals surface area contributed by atoms with Gasteiger partial charge in [-0.1, -0.05) is 30.3 Å². The zero-order valence-corrected chi connectivity index (χ0v) is 15.7. The molecule has 0 spiro atoms. The first-order valence-electron chi connectivity index (χ1n) is 8.85. The maximum atomic E-state index is 12.3. The van der Waals surface area contributed by atoms with E-state index in [9.17, 15) is 9.90 Å². The topological polar surface area (TPSA) is 121 Å². The quantitative estimate of drug-likeness (QED) is 0.442. The molecule has 0 saturated carbocycles. The lowest BCUT2D eigenvalue weighted by molar-refractivity contribution is 0.144. The number of amides is 2. The van der Waals surface area contributed by atoms with Crippen molar-refractivity contribution >= 4 is 22.8 Å². The lowest BCUT2D eigenvalue weighted by Gasteiger charge is -2.15. The summed E-state index contributed by atoms with van der Waals surface area (Å²) in [5, 5.41) is 22.7. The predicted octanol–water partition coefficient (Wildman–Crippen LogP) is 2.36. The number of carbonyl (C=O) groups is 1. The fourth-order valence-electron chi connectivity index (χ4n) is 2.77. The number of hydrogen-bond donors (Lipinski definition) is 4. The molecule has 4 N–H and O–H groups in total. The number of pyridine rings is 1. The van der Waals surface area contributed by atoms with Gasteiger partial charge in [-0.25, -0.2) is 9.78 Å². The first-order chi connectivity index (χ1) is 13.6. The van der Waals surface area contributed by atoms with Crippen LogP contribution in [0.25, 0.3) is 10.9 Å². The molecule has 0 aliphatic rings. The summed E-state index contributed by atoms with van der Waals surface area (Å²) in [6.45, 7) is 2.30. The molecule has 2 amide bonds. The molecule has 148 valence electrons. The average Bonchev–Trinajstić information content (AvgIpc) is 3.11. The van der Waals surface area contributed by atoms with E-state index in [2.05, 4.69) is 25.8 Å². The summed E-state index contributed by atoms with van der Waals surface area (Å²) in [4.78, 5) is 16.6. The number of aliphatic hydroxyl groups is 1. The van der Waals surface area contributed by atoms with Crippen molar-refractivity contribution in [2.24, 2.45) is 0 Å². The Kier molecular flexibility index (Phi) is 6.41. The summed E-state index contributed by atoms with van der Waals surface area (Å²) in [7, 11) is 1.58. The van der Waals surface area contributed by atoms with E-state index in [1.54, 1.807) is 13.2 Å². The lowest BCUT2D eigenvalue weighted by atomic mass is 10.1. The van der Waals surface area contributed by atoms with Gasteiger partial charge in [0.15, 0.2) is 0 Å². The molecule has 28 heavy (non-hydrogen) atoms. The fraction of sp³-hybridized carbons (Fsp3) is 0.316. The third kappa shape index (κ3) is 4.56. The fourth-order valence-corrected chi connectivity index (χ4v) is 2.77. The Morgan fingerprint density at radius 2 is 2.07 bits per heavy atom. The molecule has 2 heterocycles. The zero-order chi connectivity index (χ0) is 19.9. The third-order valence-corrected chi connectivity index (χ3v) is 4.15. The summed E-state index contributed by atoms with van der Waals surface area (Å²) in [5.74, 6) is 0.624. The molecule has 1 atom stereocenters. The lowest BCUT2D eigenvalue weighted by Crippen LogP contribution is -2.31. The Morgan fingerprint density at radius 1 is 1.29 bits per heavy atom. The molecule has 9 nitrogen and oxygen atoms in total. The number of aromatic nitrogens is 3. The maximum Gasteiger partial charge on any atom is 0.320 e. The van der Waals surface area contributed by atoms with Crippen LogP contribution in [0.4, 0.5) is 10.6 Å². The van der Waals surface area contributed by atoms with Crippen LogP contribution in [0.15, 0.2) is 36.4 Å². The van der Waals surface area contributed by atoms with Gasteiger partial charge < -0.3 is 19.9 Å². The van der Waals surface area contributed by atoms with E-state index in [0.717, 1.165) is 5.56 Å². The zero-order valence-electron chi connectivity index (χ0n) is 15.7. The molecule has 0 saturated heterocycles. The van der Waals surface area contributed by atoms with Crippen LogP contribution in [0.5, 0.6) is 5.88 Å². The highest BCUT2D eigenvalue weighted by Gasteiger charge is 2.16. The number of aromatic amines is 1. The first kappa shape index (κ1) is 19.6. The number of carbonyl (C=O) groups excluding carboxylic acids is 1. The number of rotatable bonds is 8. The van der Waals surface area contributed by atoms with Crippen molar-refractivity contribution in [2.45, 2.75) is 19.6 Å². The van der Waals surface area contributed by atoms with Crippen LogP contribution in [-0.4, -0.2) is 46.6 Å². The molecule has 1 aromatic carbocycles. The van der Waals surface area contributed by atoms with Crippen molar-refractivity contribution < 1.29 is 19.4 Å². The largest absolute Gasteiger partial charge is 0.474 e. The number of H-pyrrole nitrogens is 1. The third-order valence-electron chi connectivity index (χ3n) is 4.15. The summed E-state index contributed by atoms with van der Waals surface area (Å²) in [6, 6.07) is 10.7. The minimum absolute atomic E-state index is 0.171. The second-order valence-corrected chi connectivity index (χ2v) is 6.14. The predicted molar refractivity (Wildman–Crippen MR) is 104 cm³/mol. The number of nitrogens with zero attached hydrogens (tertiary/aromatic N) is 2. The van der Waals surface area contributed by atoms with Gasteiger partial charge in [-0.05, 0) is 12.5 Å². The molecule has 0 aliphatic carbocycles. The van der Waals surface area contributed by atoms with Crippen LogP contribution in [0.1, 0.15) is 24.2 Å². The molecular formula is C19H23N5O4. The molecule has 0 bridgehead atoms. The van der Waals surface area contributed by atoms with Crippen LogP contribution < -0.4 is 15.4 Å². The second kappa shape index (κ2) is 9.16. The van der Waals surface area contributed by atoms with Crippen molar-refractivity contribution in [1.82, 2.24) is 20.5 Å². The Bertz CT molecular complexity index is 929. The van der Waals surface area contributed by atoms with E-state index >= 15 is 0 Å². The van der Waals surface area contributed by atoms with Gasteiger partial charge in [0.1, 0.15) is 12.4 Å². The maximum absolute atomic E-state index is 12.3. The molecule has 9 heteroatoms. The van der Waals surface area contributed by atoms with E-state index in [1.807, 2.05) is 37.3 Å². The average molecular weight is 385 g/mol. The van der Waals surface area contributed by atoms with Gasteiger partial charge in [-0.3, -0.25) is 10.4 Å². The minimum atomic E-state index is -0.400. The van der Waals surface area contributed by atoms with E-state index in [0.29, 0.717) is 41.5 Å². The van der Waals surface area contributed by atoms with Gasteiger partial charge in [0.25, 0.3) is 0 Å². The van der Waals surface area contributed by atoms with Crippen LogP contribution >= 0.6 is 0 Å². The molecule has 3 rings (SSSR count). The number of anilines is 1. The molecule has 0 aliphatic heterocycles. The van der Waals surface area contributed by atoms with E-state index in [1.165, 1.54) is 0 Å². The standard InChI is InChI=1S/C19H23N5O4/c1-12(13-6-4-3-5-7-13)20-19(26)22-16-10-14-17(15(11-25)21-16)18(24-23-14)28-9-8-27-2/h3-7,10,12,25H,8-9,11H2,1-2H3,(H,23,24)(H2,20,21,22,26)/t12-/m1/s1. The number of fused-ring (bicyclic) bond motifs is 1. The monoisotopic (exact) mass is 385 g/mol. The summed E-state index contributed by atoms with van der Waals surface area (Å²) >= 11 is 0. The molecule has 0 fully saturated rings. The van der Waals surface area contributed by atoms with Gasteiger partial charge in [0.2, 0.25) is 5.88 Å². The summed E-state index contributed by atoms with van der Waals surface area (Å²) in [6.07, 6.45) is 0. The first-order valence-corrected chi connectivity index (χ1v) is 8.85. The van der Waals surface area contributed by atoms with Crippen molar-refractivity contribution in [2.75, 3.05) is 25.6 Å². The van der Waals surface area contributed by atoms with E-state index in [-0.39, 0.29) is 12.6 Å². The second-order valence-electron chi connectivity index (χ2n) is 6.14. The number of aliphatic hydroxyl groups excluding tert-OH is 1. The summed E-state index contributed by atoms with van der Waals surface area (Å²) in [5.41, 5.74) is 1.94. The highest BCUT2D eigenvalue weighted by molar-refractivity contribution is 5.93. The Hall–Kier alpha value is -3.17. The molecular weight excluding hydrogens is 362 g/mol. The smallest absolute Gasteiger partial charge is 0.320 e. The molecule has 0 radical (unpaired) electrons. The number of hydrogen-bond acceptors (Lipinski definition) is 6. The van der Waals surface area contributed by atoms with E-state index < -0.39 is 6.03 Å². The molecule has 2 aromatic heterocycles. The number of benzene rings is 1. The molecule has 0 unspecified atom stereocenters. The van der Waals surface area contributed by atoms with Gasteiger partial charge in [-0.2, -0.15) is 0 Å². The SMILES string of the molecule is COCCOc1n[nH]c2cc(NC(=O)N[C@H](C)c3ccccc3)nc(CO)c12. The van der Waals surface area contributed by atoms with Crippen molar-refractivity contribution in [1.29, 1.82) is 0 Å². The van der Waals surface area contributed by atoms with Crippen molar-refractivity contribution in [3.8, 4) is 5.88 Å². The highest BCUT2D eigenvalue weighted by Crippen LogP contribution is 2.27. The van der Waals surface area contributed by atoms with Crippen LogP contribution in [-0.2, 0) is 11.3 Å². The normalized spacial score (nSPS) is 12.0. The van der Waals surface area contributed by atoms with Gasteiger partial charge in [0, 0.05) is 13.2 Å². The minimum Gasteiger partial charge on any atom is -0.474 e. The van der Waals surface area contributed by atoms with Gasteiger partial charge in [-0.15, -0.1) is 5.10 Å². The van der Waals surface area contributed by atoms with Crippen LogP contribution in [0.3, 0.4) is 0 Å². The summed E-state index contributed by atoms with van der Waals surface area (Å²) < 4.78 is 10.5. The van der Waals surface area contributed by atoms with Crippen molar-refractivity contribution in [3.05, 3.63) is 47.7 Å². The van der Waals surface area contributed by atoms with E-state index in [4.69, 9.17) is 9.47 Å². The number of methoxy groups -OCH3 is 1.